The van der Waals surface area contributed by atoms with E-state index in [2.05, 4.69) is 11.8 Å². The molecule has 1 aromatic rings. The summed E-state index contributed by atoms with van der Waals surface area (Å²) in [5, 5.41) is 9.81. The standard InChI is InChI=1S/C15H22FNO/c1-11-7-4-3-5-10-17(11)14-9-6-8-13(16)15(14)12(2)18/h6,8-9,11-12,18H,3-5,7,10H2,1-2H3/t11?,12-/m1/s1. The number of benzene rings is 1. The van der Waals surface area contributed by atoms with E-state index in [0.29, 0.717) is 11.6 Å². The highest BCUT2D eigenvalue weighted by Crippen LogP contribution is 2.32. The van der Waals surface area contributed by atoms with Gasteiger partial charge in [-0.25, -0.2) is 4.39 Å². The van der Waals surface area contributed by atoms with Crippen LogP contribution in [0.25, 0.3) is 0 Å². The molecule has 0 spiro atoms. The minimum Gasteiger partial charge on any atom is -0.389 e. The quantitative estimate of drug-likeness (QED) is 0.867. The van der Waals surface area contributed by atoms with Crippen molar-refractivity contribution in [2.45, 2.75) is 51.7 Å². The molecule has 0 radical (unpaired) electrons. The molecular formula is C15H22FNO. The number of hydrogen-bond donors (Lipinski definition) is 1. The van der Waals surface area contributed by atoms with Gasteiger partial charge in [0.25, 0.3) is 0 Å². The van der Waals surface area contributed by atoms with E-state index in [1.165, 1.54) is 18.9 Å². The number of rotatable bonds is 2. The average Bonchev–Trinajstić information content (AvgIpc) is 2.53. The van der Waals surface area contributed by atoms with E-state index in [1.807, 2.05) is 6.07 Å². The molecule has 2 rings (SSSR count). The summed E-state index contributed by atoms with van der Waals surface area (Å²) in [6, 6.07) is 5.49. The van der Waals surface area contributed by atoms with Crippen molar-refractivity contribution in [2.24, 2.45) is 0 Å². The first-order chi connectivity index (χ1) is 8.61. The second kappa shape index (κ2) is 5.70. The summed E-state index contributed by atoms with van der Waals surface area (Å²) in [5.74, 6) is -0.307. The summed E-state index contributed by atoms with van der Waals surface area (Å²) in [7, 11) is 0. The van der Waals surface area contributed by atoms with Crippen molar-refractivity contribution in [2.75, 3.05) is 11.4 Å². The monoisotopic (exact) mass is 251 g/mol. The Hall–Kier alpha value is -1.09. The summed E-state index contributed by atoms with van der Waals surface area (Å²) < 4.78 is 13.9. The zero-order valence-electron chi connectivity index (χ0n) is 11.2. The van der Waals surface area contributed by atoms with Gasteiger partial charge < -0.3 is 10.0 Å². The van der Waals surface area contributed by atoms with Gasteiger partial charge >= 0.3 is 0 Å². The lowest BCUT2D eigenvalue weighted by molar-refractivity contribution is 0.194. The summed E-state index contributed by atoms with van der Waals surface area (Å²) in [6.45, 7) is 4.76. The fraction of sp³-hybridized carbons (Fsp3) is 0.600. The molecule has 0 aromatic heterocycles. The van der Waals surface area contributed by atoms with Crippen LogP contribution in [0.1, 0.15) is 51.2 Å². The lowest BCUT2D eigenvalue weighted by Gasteiger charge is -2.32. The van der Waals surface area contributed by atoms with Crippen molar-refractivity contribution in [1.29, 1.82) is 0 Å². The summed E-state index contributed by atoms with van der Waals surface area (Å²) in [4.78, 5) is 2.25. The lowest BCUT2D eigenvalue weighted by Crippen LogP contribution is -2.33. The second-order valence-corrected chi connectivity index (χ2v) is 5.24. The molecule has 18 heavy (non-hydrogen) atoms. The second-order valence-electron chi connectivity index (χ2n) is 5.24. The predicted molar refractivity (Wildman–Crippen MR) is 72.3 cm³/mol. The smallest absolute Gasteiger partial charge is 0.131 e. The topological polar surface area (TPSA) is 23.5 Å². The van der Waals surface area contributed by atoms with Crippen LogP contribution < -0.4 is 4.90 Å². The molecule has 2 atom stereocenters. The molecule has 0 amide bonds. The Bertz CT molecular complexity index is 405. The molecule has 0 bridgehead atoms. The molecule has 0 aliphatic carbocycles. The van der Waals surface area contributed by atoms with Gasteiger partial charge in [-0.05, 0) is 38.8 Å². The van der Waals surface area contributed by atoms with Crippen LogP contribution in [-0.4, -0.2) is 17.7 Å². The van der Waals surface area contributed by atoms with Crippen molar-refractivity contribution in [3.05, 3.63) is 29.6 Å². The maximum absolute atomic E-state index is 13.9. The molecule has 1 unspecified atom stereocenters. The molecule has 2 nitrogen and oxygen atoms in total. The maximum Gasteiger partial charge on any atom is 0.131 e. The van der Waals surface area contributed by atoms with E-state index in [9.17, 15) is 9.50 Å². The van der Waals surface area contributed by atoms with Gasteiger partial charge in [0.2, 0.25) is 0 Å². The van der Waals surface area contributed by atoms with Crippen molar-refractivity contribution >= 4 is 5.69 Å². The lowest BCUT2D eigenvalue weighted by atomic mass is 10.0. The molecule has 1 fully saturated rings. The van der Waals surface area contributed by atoms with Crippen molar-refractivity contribution in [1.82, 2.24) is 0 Å². The summed E-state index contributed by atoms with van der Waals surface area (Å²) >= 11 is 0. The van der Waals surface area contributed by atoms with E-state index in [0.717, 1.165) is 25.1 Å². The molecule has 1 aromatic carbocycles. The zero-order valence-corrected chi connectivity index (χ0v) is 11.2. The molecule has 1 heterocycles. The minimum absolute atomic E-state index is 0.307. The van der Waals surface area contributed by atoms with Gasteiger partial charge in [-0.3, -0.25) is 0 Å². The van der Waals surface area contributed by atoms with Gasteiger partial charge in [0.15, 0.2) is 0 Å². The van der Waals surface area contributed by atoms with E-state index < -0.39 is 6.10 Å². The fourth-order valence-corrected chi connectivity index (χ4v) is 2.82. The van der Waals surface area contributed by atoms with E-state index >= 15 is 0 Å². The SMILES string of the molecule is CC1CCCCCN1c1cccc(F)c1[C@@H](C)O. The zero-order chi connectivity index (χ0) is 13.1. The number of halogens is 1. The highest BCUT2D eigenvalue weighted by atomic mass is 19.1. The van der Waals surface area contributed by atoms with Crippen LogP contribution in [0.2, 0.25) is 0 Å². The van der Waals surface area contributed by atoms with Crippen molar-refractivity contribution < 1.29 is 9.50 Å². The van der Waals surface area contributed by atoms with Crippen LogP contribution in [0, 0.1) is 5.82 Å². The normalized spacial score (nSPS) is 22.7. The van der Waals surface area contributed by atoms with Crippen LogP contribution in [0.3, 0.4) is 0 Å². The first-order valence-electron chi connectivity index (χ1n) is 6.84. The number of anilines is 1. The Morgan fingerprint density at radius 2 is 2.11 bits per heavy atom. The predicted octanol–water partition coefficient (Wildman–Crippen LogP) is 3.65. The molecule has 1 aliphatic heterocycles. The van der Waals surface area contributed by atoms with Crippen LogP contribution in [0.15, 0.2) is 18.2 Å². The van der Waals surface area contributed by atoms with E-state index in [-0.39, 0.29) is 5.82 Å². The largest absolute Gasteiger partial charge is 0.389 e. The highest BCUT2D eigenvalue weighted by molar-refractivity contribution is 5.56. The molecule has 1 aliphatic rings. The molecular weight excluding hydrogens is 229 g/mol. The van der Waals surface area contributed by atoms with Gasteiger partial charge in [-0.1, -0.05) is 18.9 Å². The Morgan fingerprint density at radius 3 is 2.83 bits per heavy atom. The number of nitrogens with zero attached hydrogens (tertiary/aromatic N) is 1. The van der Waals surface area contributed by atoms with Crippen LogP contribution >= 0.6 is 0 Å². The van der Waals surface area contributed by atoms with Crippen LogP contribution in [0.5, 0.6) is 0 Å². The van der Waals surface area contributed by atoms with Crippen molar-refractivity contribution in [3.8, 4) is 0 Å². The third-order valence-corrected chi connectivity index (χ3v) is 3.81. The molecule has 1 N–H and O–H groups in total. The highest BCUT2D eigenvalue weighted by Gasteiger charge is 2.23. The van der Waals surface area contributed by atoms with E-state index in [4.69, 9.17) is 0 Å². The van der Waals surface area contributed by atoms with Gasteiger partial charge in [0.05, 0.1) is 6.10 Å². The molecule has 1 saturated heterocycles. The first-order valence-corrected chi connectivity index (χ1v) is 6.84. The first kappa shape index (κ1) is 13.3. The van der Waals surface area contributed by atoms with Crippen LogP contribution in [0.4, 0.5) is 10.1 Å². The third-order valence-electron chi connectivity index (χ3n) is 3.81. The van der Waals surface area contributed by atoms with Gasteiger partial charge in [-0.2, -0.15) is 0 Å². The number of aliphatic hydroxyl groups is 1. The third kappa shape index (κ3) is 2.66. The Labute approximate surface area is 108 Å². The fourth-order valence-electron chi connectivity index (χ4n) is 2.82. The van der Waals surface area contributed by atoms with Crippen molar-refractivity contribution in [3.63, 3.8) is 0 Å². The molecule has 0 saturated carbocycles. The summed E-state index contributed by atoms with van der Waals surface area (Å²) in [5.41, 5.74) is 1.30. The van der Waals surface area contributed by atoms with E-state index in [1.54, 1.807) is 13.0 Å². The van der Waals surface area contributed by atoms with Crippen LogP contribution in [-0.2, 0) is 0 Å². The Morgan fingerprint density at radius 1 is 1.33 bits per heavy atom. The Balaban J connectivity index is 2.39. The van der Waals surface area contributed by atoms with Gasteiger partial charge in [0.1, 0.15) is 5.82 Å². The number of hydrogen-bond acceptors (Lipinski definition) is 2. The summed E-state index contributed by atoms with van der Waals surface area (Å²) in [6.07, 6.45) is 3.98. The Kier molecular flexibility index (Phi) is 4.23. The molecule has 3 heteroatoms. The minimum atomic E-state index is -0.767. The van der Waals surface area contributed by atoms with Gasteiger partial charge in [0, 0.05) is 23.8 Å². The number of aliphatic hydroxyl groups excluding tert-OH is 1. The maximum atomic E-state index is 13.9. The average molecular weight is 251 g/mol. The molecule has 100 valence electrons. The van der Waals surface area contributed by atoms with Gasteiger partial charge in [-0.15, -0.1) is 0 Å².